The fraction of sp³-hybridized carbons (Fsp3) is 0.357. The van der Waals surface area contributed by atoms with Gasteiger partial charge in [-0.1, -0.05) is 29.8 Å². The molecule has 0 amide bonds. The molecule has 18 heavy (non-hydrogen) atoms. The largest absolute Gasteiger partial charge is 0.389 e. The Balaban J connectivity index is 2.36. The van der Waals surface area contributed by atoms with Crippen molar-refractivity contribution in [2.75, 3.05) is 0 Å². The summed E-state index contributed by atoms with van der Waals surface area (Å²) in [7, 11) is 0. The van der Waals surface area contributed by atoms with Crippen molar-refractivity contribution in [2.45, 2.75) is 33.4 Å². The van der Waals surface area contributed by atoms with E-state index >= 15 is 0 Å². The second-order valence-electron chi connectivity index (χ2n) is 4.51. The topological polar surface area (TPSA) is 38.0 Å². The highest BCUT2D eigenvalue weighted by Gasteiger charge is 2.16. The number of rotatable bonds is 3. The van der Waals surface area contributed by atoms with E-state index in [-0.39, 0.29) is 0 Å². The van der Waals surface area contributed by atoms with E-state index in [2.05, 4.69) is 5.10 Å². The van der Waals surface area contributed by atoms with Crippen molar-refractivity contribution in [1.82, 2.24) is 9.78 Å². The Hall–Kier alpha value is -1.32. The quantitative estimate of drug-likeness (QED) is 0.924. The predicted molar refractivity (Wildman–Crippen MR) is 72.9 cm³/mol. The predicted octanol–water partition coefficient (Wildman–Crippen LogP) is 3.25. The molecule has 0 aliphatic rings. The molecule has 3 nitrogen and oxygen atoms in total. The third-order valence-electron chi connectivity index (χ3n) is 3.13. The van der Waals surface area contributed by atoms with Gasteiger partial charge in [-0.25, -0.2) is 0 Å². The first-order valence-electron chi connectivity index (χ1n) is 5.96. The minimum Gasteiger partial charge on any atom is -0.389 e. The molecule has 0 saturated heterocycles. The molecule has 2 aromatic rings. The van der Waals surface area contributed by atoms with Gasteiger partial charge in [-0.15, -0.1) is 0 Å². The first-order valence-corrected chi connectivity index (χ1v) is 6.34. The number of aliphatic hydroxyl groups is 1. The summed E-state index contributed by atoms with van der Waals surface area (Å²) in [6, 6.07) is 7.73. The van der Waals surface area contributed by atoms with Crippen molar-refractivity contribution < 1.29 is 5.11 Å². The number of benzene rings is 1. The first kappa shape index (κ1) is 13.1. The molecular weight excluding hydrogens is 248 g/mol. The zero-order valence-corrected chi connectivity index (χ0v) is 11.6. The normalized spacial score (nSPS) is 12.7. The molecule has 2 rings (SSSR count). The van der Waals surface area contributed by atoms with Crippen molar-refractivity contribution in [3.8, 4) is 0 Å². The minimum atomic E-state index is -0.495. The Kier molecular flexibility index (Phi) is 3.73. The third kappa shape index (κ3) is 2.42. The van der Waals surface area contributed by atoms with Gasteiger partial charge in [0.1, 0.15) is 0 Å². The van der Waals surface area contributed by atoms with Crippen molar-refractivity contribution in [3.63, 3.8) is 0 Å². The van der Waals surface area contributed by atoms with Crippen LogP contribution in [0.25, 0.3) is 0 Å². The monoisotopic (exact) mass is 264 g/mol. The molecule has 1 atom stereocenters. The van der Waals surface area contributed by atoms with E-state index in [1.54, 1.807) is 6.92 Å². The van der Waals surface area contributed by atoms with Crippen molar-refractivity contribution in [1.29, 1.82) is 0 Å². The average molecular weight is 265 g/mol. The molecule has 1 N–H and O–H groups in total. The van der Waals surface area contributed by atoms with E-state index in [1.807, 2.05) is 42.8 Å². The lowest BCUT2D eigenvalue weighted by molar-refractivity contribution is 0.197. The van der Waals surface area contributed by atoms with Crippen LogP contribution in [0.1, 0.15) is 35.5 Å². The summed E-state index contributed by atoms with van der Waals surface area (Å²) in [6.45, 7) is 6.27. The van der Waals surface area contributed by atoms with Gasteiger partial charge in [0, 0.05) is 16.3 Å². The molecule has 0 spiro atoms. The van der Waals surface area contributed by atoms with Gasteiger partial charge < -0.3 is 5.11 Å². The van der Waals surface area contributed by atoms with Gasteiger partial charge >= 0.3 is 0 Å². The summed E-state index contributed by atoms with van der Waals surface area (Å²) in [4.78, 5) is 0. The summed E-state index contributed by atoms with van der Waals surface area (Å²) in [6.07, 6.45) is -0.495. The van der Waals surface area contributed by atoms with Crippen LogP contribution in [0, 0.1) is 13.8 Å². The molecule has 0 radical (unpaired) electrons. The second-order valence-corrected chi connectivity index (χ2v) is 4.92. The van der Waals surface area contributed by atoms with Crippen LogP contribution in [-0.2, 0) is 6.54 Å². The fourth-order valence-corrected chi connectivity index (χ4v) is 2.45. The number of aromatic nitrogens is 2. The highest BCUT2D eigenvalue weighted by molar-refractivity contribution is 6.31. The Labute approximate surface area is 112 Å². The Morgan fingerprint density at radius 1 is 1.33 bits per heavy atom. The number of aryl methyl sites for hydroxylation is 1. The molecule has 1 aromatic heterocycles. The van der Waals surface area contributed by atoms with Crippen LogP contribution in [0.4, 0.5) is 0 Å². The van der Waals surface area contributed by atoms with Gasteiger partial charge in [-0.3, -0.25) is 4.68 Å². The molecule has 0 aliphatic heterocycles. The van der Waals surface area contributed by atoms with Crippen LogP contribution in [0.3, 0.4) is 0 Å². The fourth-order valence-electron chi connectivity index (χ4n) is 2.26. The van der Waals surface area contributed by atoms with E-state index in [0.29, 0.717) is 6.54 Å². The summed E-state index contributed by atoms with van der Waals surface area (Å²) >= 11 is 6.15. The Morgan fingerprint density at radius 2 is 2.00 bits per heavy atom. The van der Waals surface area contributed by atoms with Gasteiger partial charge in [0.2, 0.25) is 0 Å². The molecule has 1 unspecified atom stereocenters. The number of nitrogens with zero attached hydrogens (tertiary/aromatic N) is 2. The first-order chi connectivity index (χ1) is 8.50. The molecule has 0 bridgehead atoms. The SMILES string of the molecule is Cc1nn(Cc2ccccc2Cl)c(C)c1C(C)O. The molecule has 0 aliphatic carbocycles. The molecule has 0 saturated carbocycles. The van der Waals surface area contributed by atoms with Crippen molar-refractivity contribution >= 4 is 11.6 Å². The van der Waals surface area contributed by atoms with Crippen molar-refractivity contribution in [3.05, 3.63) is 51.8 Å². The summed E-state index contributed by atoms with van der Waals surface area (Å²) in [5.74, 6) is 0. The lowest BCUT2D eigenvalue weighted by atomic mass is 10.1. The number of hydrogen-bond donors (Lipinski definition) is 1. The molecule has 96 valence electrons. The Morgan fingerprint density at radius 3 is 2.56 bits per heavy atom. The maximum atomic E-state index is 9.74. The maximum absolute atomic E-state index is 9.74. The van der Waals surface area contributed by atoms with Crippen LogP contribution < -0.4 is 0 Å². The smallest absolute Gasteiger partial charge is 0.0797 e. The standard InChI is InChI=1S/C14H17ClN2O/c1-9-14(11(3)18)10(2)17(16-9)8-12-6-4-5-7-13(12)15/h4-7,11,18H,8H2,1-3H3. The van der Waals surface area contributed by atoms with Gasteiger partial charge in [-0.2, -0.15) is 5.10 Å². The molecular formula is C14H17ClN2O. The van der Waals surface area contributed by atoms with Gasteiger partial charge in [-0.05, 0) is 32.4 Å². The number of aliphatic hydroxyl groups excluding tert-OH is 1. The van der Waals surface area contributed by atoms with Gasteiger partial charge in [0.05, 0.1) is 18.3 Å². The van der Waals surface area contributed by atoms with Crippen molar-refractivity contribution in [2.24, 2.45) is 0 Å². The number of halogens is 1. The van der Waals surface area contributed by atoms with E-state index in [4.69, 9.17) is 11.6 Å². The van der Waals surface area contributed by atoms with Crippen LogP contribution in [0.2, 0.25) is 5.02 Å². The minimum absolute atomic E-state index is 0.495. The van der Waals surface area contributed by atoms with Crippen LogP contribution in [0.15, 0.2) is 24.3 Å². The zero-order valence-electron chi connectivity index (χ0n) is 10.8. The highest BCUT2D eigenvalue weighted by Crippen LogP contribution is 2.23. The maximum Gasteiger partial charge on any atom is 0.0797 e. The van der Waals surface area contributed by atoms with Gasteiger partial charge in [0.25, 0.3) is 0 Å². The highest BCUT2D eigenvalue weighted by atomic mass is 35.5. The van der Waals surface area contributed by atoms with Crippen LogP contribution in [0.5, 0.6) is 0 Å². The average Bonchev–Trinajstić information content (AvgIpc) is 2.57. The summed E-state index contributed by atoms with van der Waals surface area (Å²) in [5, 5.41) is 14.9. The van der Waals surface area contributed by atoms with Gasteiger partial charge in [0.15, 0.2) is 0 Å². The summed E-state index contributed by atoms with van der Waals surface area (Å²) in [5.41, 5.74) is 3.79. The third-order valence-corrected chi connectivity index (χ3v) is 3.50. The number of hydrogen-bond acceptors (Lipinski definition) is 2. The van der Waals surface area contributed by atoms with E-state index < -0.39 is 6.10 Å². The Bertz CT molecular complexity index is 561. The molecule has 0 fully saturated rings. The second kappa shape index (κ2) is 5.12. The lowest BCUT2D eigenvalue weighted by Gasteiger charge is -2.08. The molecule has 4 heteroatoms. The van der Waals surface area contributed by atoms with E-state index in [9.17, 15) is 5.11 Å². The zero-order chi connectivity index (χ0) is 13.3. The van der Waals surface area contributed by atoms with E-state index in [0.717, 1.165) is 27.5 Å². The van der Waals surface area contributed by atoms with E-state index in [1.165, 1.54) is 0 Å². The molecule has 1 aromatic carbocycles. The summed E-state index contributed by atoms with van der Waals surface area (Å²) < 4.78 is 1.89. The molecule has 1 heterocycles. The van der Waals surface area contributed by atoms with Crippen LogP contribution >= 0.6 is 11.6 Å². The van der Waals surface area contributed by atoms with Crippen LogP contribution in [-0.4, -0.2) is 14.9 Å². The lowest BCUT2D eigenvalue weighted by Crippen LogP contribution is -2.05.